The molecule has 1 heterocycles. The van der Waals surface area contributed by atoms with Crippen LogP contribution in [0.4, 0.5) is 0 Å². The van der Waals surface area contributed by atoms with Gasteiger partial charge in [-0.3, -0.25) is 0 Å². The summed E-state index contributed by atoms with van der Waals surface area (Å²) in [6.07, 6.45) is 1.13. The summed E-state index contributed by atoms with van der Waals surface area (Å²) in [6.45, 7) is 5.67. The second-order valence-electron chi connectivity index (χ2n) is 5.72. The van der Waals surface area contributed by atoms with Crippen LogP contribution in [0.2, 0.25) is 0 Å². The molecule has 25 heavy (non-hydrogen) atoms. The van der Waals surface area contributed by atoms with Gasteiger partial charge >= 0.3 is 0 Å². The van der Waals surface area contributed by atoms with Gasteiger partial charge in [-0.25, -0.2) is 4.68 Å². The molecule has 0 fully saturated rings. The van der Waals surface area contributed by atoms with Gasteiger partial charge in [-0.1, -0.05) is 27.7 Å². The maximum atomic E-state index is 5.78. The van der Waals surface area contributed by atoms with Crippen molar-refractivity contribution in [3.05, 3.63) is 22.2 Å². The lowest BCUT2D eigenvalue weighted by Gasteiger charge is -2.16. The Morgan fingerprint density at radius 1 is 1.32 bits per heavy atom. The first-order chi connectivity index (χ1) is 12.0. The number of tetrazole rings is 1. The normalized spacial score (nSPS) is 11.1. The molecule has 1 N–H and O–H groups in total. The van der Waals surface area contributed by atoms with Crippen LogP contribution in [0.5, 0.6) is 11.5 Å². The highest BCUT2D eigenvalue weighted by Crippen LogP contribution is 2.34. The molecule has 1 aromatic heterocycles. The van der Waals surface area contributed by atoms with E-state index in [-0.39, 0.29) is 6.10 Å². The number of aryl methyl sites for hydroxylation is 1. The minimum absolute atomic E-state index is 0.103. The van der Waals surface area contributed by atoms with Crippen molar-refractivity contribution < 1.29 is 9.47 Å². The Morgan fingerprint density at radius 3 is 2.76 bits per heavy atom. The lowest BCUT2D eigenvalue weighted by molar-refractivity contribution is 0.230. The fourth-order valence-corrected chi connectivity index (χ4v) is 3.40. The Bertz CT molecular complexity index is 681. The van der Waals surface area contributed by atoms with E-state index in [1.165, 1.54) is 0 Å². The van der Waals surface area contributed by atoms with E-state index in [4.69, 9.17) is 9.47 Å². The third-order valence-corrected chi connectivity index (χ3v) is 5.16. The zero-order valence-corrected chi connectivity index (χ0v) is 17.4. The van der Waals surface area contributed by atoms with Crippen LogP contribution < -0.4 is 14.8 Å². The van der Waals surface area contributed by atoms with Gasteiger partial charge < -0.3 is 14.8 Å². The highest BCUT2D eigenvalue weighted by Gasteiger charge is 2.11. The van der Waals surface area contributed by atoms with E-state index in [9.17, 15) is 0 Å². The molecule has 0 radical (unpaired) electrons. The van der Waals surface area contributed by atoms with Gasteiger partial charge in [0.1, 0.15) is 0 Å². The van der Waals surface area contributed by atoms with Gasteiger partial charge in [0.25, 0.3) is 0 Å². The molecule has 1 aromatic carbocycles. The molecule has 0 saturated carbocycles. The van der Waals surface area contributed by atoms with Gasteiger partial charge in [0.05, 0.1) is 13.2 Å². The van der Waals surface area contributed by atoms with E-state index in [1.807, 2.05) is 33.0 Å². The van der Waals surface area contributed by atoms with Gasteiger partial charge in [-0.2, -0.15) is 0 Å². The van der Waals surface area contributed by atoms with Crippen LogP contribution in [0, 0.1) is 0 Å². The van der Waals surface area contributed by atoms with Crippen LogP contribution in [-0.4, -0.2) is 45.7 Å². The maximum Gasteiger partial charge on any atom is 0.209 e. The molecule has 0 aliphatic carbocycles. The molecule has 0 aliphatic heterocycles. The summed E-state index contributed by atoms with van der Waals surface area (Å²) < 4.78 is 13.9. The van der Waals surface area contributed by atoms with Gasteiger partial charge in [0, 0.05) is 23.8 Å². The number of thioether (sulfide) groups is 1. The topological polar surface area (TPSA) is 74.1 Å². The molecule has 0 spiro atoms. The lowest BCUT2D eigenvalue weighted by Crippen LogP contribution is -2.16. The van der Waals surface area contributed by atoms with Crippen molar-refractivity contribution >= 4 is 27.7 Å². The van der Waals surface area contributed by atoms with Crippen molar-refractivity contribution in [2.24, 2.45) is 7.05 Å². The molecule has 0 atom stereocenters. The molecule has 0 unspecified atom stereocenters. The number of nitrogens with one attached hydrogen (secondary N) is 1. The van der Waals surface area contributed by atoms with Crippen LogP contribution in [0.25, 0.3) is 0 Å². The first-order valence-electron chi connectivity index (χ1n) is 8.10. The number of benzene rings is 1. The number of rotatable bonds is 10. The van der Waals surface area contributed by atoms with Gasteiger partial charge in [-0.05, 0) is 54.9 Å². The first-order valence-corrected chi connectivity index (χ1v) is 9.88. The second kappa shape index (κ2) is 9.98. The molecule has 0 bridgehead atoms. The lowest BCUT2D eigenvalue weighted by atomic mass is 10.2. The fourth-order valence-electron chi connectivity index (χ4n) is 2.15. The van der Waals surface area contributed by atoms with E-state index < -0.39 is 0 Å². The van der Waals surface area contributed by atoms with Gasteiger partial charge in [0.2, 0.25) is 5.16 Å². The van der Waals surface area contributed by atoms with Crippen molar-refractivity contribution in [1.29, 1.82) is 0 Å². The molecular weight excluding hydrogens is 406 g/mol. The zero-order chi connectivity index (χ0) is 18.2. The number of ether oxygens (including phenoxy) is 2. The predicted octanol–water partition coefficient (Wildman–Crippen LogP) is 3.04. The van der Waals surface area contributed by atoms with Crippen molar-refractivity contribution in [3.8, 4) is 11.5 Å². The van der Waals surface area contributed by atoms with Crippen LogP contribution >= 0.6 is 27.7 Å². The smallest absolute Gasteiger partial charge is 0.209 e. The molecule has 2 aromatic rings. The second-order valence-corrected chi connectivity index (χ2v) is 7.64. The summed E-state index contributed by atoms with van der Waals surface area (Å²) >= 11 is 5.27. The highest BCUT2D eigenvalue weighted by atomic mass is 79.9. The number of nitrogens with zero attached hydrogens (tertiary/aromatic N) is 4. The highest BCUT2D eigenvalue weighted by molar-refractivity contribution is 9.10. The van der Waals surface area contributed by atoms with E-state index in [0.717, 1.165) is 52.0 Å². The van der Waals surface area contributed by atoms with E-state index >= 15 is 0 Å². The molecule has 2 rings (SSSR count). The van der Waals surface area contributed by atoms with Gasteiger partial charge in [-0.15, -0.1) is 5.10 Å². The van der Waals surface area contributed by atoms with Crippen LogP contribution in [0.3, 0.4) is 0 Å². The van der Waals surface area contributed by atoms with E-state index in [1.54, 1.807) is 23.6 Å². The summed E-state index contributed by atoms with van der Waals surface area (Å²) in [6, 6.07) is 3.97. The van der Waals surface area contributed by atoms with E-state index in [0.29, 0.717) is 0 Å². The van der Waals surface area contributed by atoms with Gasteiger partial charge in [0.15, 0.2) is 11.5 Å². The third kappa shape index (κ3) is 6.16. The third-order valence-electron chi connectivity index (χ3n) is 3.32. The number of aromatic nitrogens is 4. The SMILES string of the molecule is COc1cc(CNCCCSc2nnnn2C)c(Br)cc1OC(C)C. The average molecular weight is 430 g/mol. The first kappa shape index (κ1) is 20.0. The molecule has 0 saturated heterocycles. The molecule has 0 amide bonds. The molecular formula is C16H24BrN5O2S. The molecule has 7 nitrogen and oxygen atoms in total. The monoisotopic (exact) mass is 429 g/mol. The summed E-state index contributed by atoms with van der Waals surface area (Å²) in [5, 5.41) is 15.7. The van der Waals surface area contributed by atoms with Crippen LogP contribution in [0.15, 0.2) is 21.8 Å². The number of halogens is 1. The summed E-state index contributed by atoms with van der Waals surface area (Å²) in [7, 11) is 3.50. The molecule has 138 valence electrons. The number of hydrogen-bond donors (Lipinski definition) is 1. The minimum atomic E-state index is 0.103. The van der Waals surface area contributed by atoms with E-state index in [2.05, 4.69) is 36.8 Å². The van der Waals surface area contributed by atoms with Crippen molar-refractivity contribution in [1.82, 2.24) is 25.5 Å². The Kier molecular flexibility index (Phi) is 7.98. The van der Waals surface area contributed by atoms with Crippen molar-refractivity contribution in [2.75, 3.05) is 19.4 Å². The molecule has 9 heteroatoms. The Balaban J connectivity index is 1.79. The largest absolute Gasteiger partial charge is 0.493 e. The van der Waals surface area contributed by atoms with Crippen molar-refractivity contribution in [3.63, 3.8) is 0 Å². The number of methoxy groups -OCH3 is 1. The summed E-state index contributed by atoms with van der Waals surface area (Å²) in [4.78, 5) is 0. The number of hydrogen-bond acceptors (Lipinski definition) is 7. The summed E-state index contributed by atoms with van der Waals surface area (Å²) in [5.41, 5.74) is 1.14. The van der Waals surface area contributed by atoms with Crippen molar-refractivity contribution in [2.45, 2.75) is 38.1 Å². The maximum absolute atomic E-state index is 5.78. The molecule has 0 aliphatic rings. The minimum Gasteiger partial charge on any atom is -0.493 e. The summed E-state index contributed by atoms with van der Waals surface area (Å²) in [5.74, 6) is 2.47. The fraction of sp³-hybridized carbons (Fsp3) is 0.562. The standard InChI is InChI=1S/C16H24BrN5O2S/c1-11(2)24-15-9-13(17)12(8-14(15)23-4)10-18-6-5-7-25-16-19-20-21-22(16)3/h8-9,11,18H,5-7,10H2,1-4H3. The zero-order valence-electron chi connectivity index (χ0n) is 15.0. The average Bonchev–Trinajstić information content (AvgIpc) is 2.97. The Morgan fingerprint density at radius 2 is 2.12 bits per heavy atom. The Labute approximate surface area is 161 Å². The van der Waals surface area contributed by atoms with Crippen LogP contribution in [-0.2, 0) is 13.6 Å². The predicted molar refractivity (Wildman–Crippen MR) is 102 cm³/mol. The quantitative estimate of drug-likeness (QED) is 0.459. The Hall–Kier alpha value is -1.32. The van der Waals surface area contributed by atoms with Crippen LogP contribution in [0.1, 0.15) is 25.8 Å².